The first-order chi connectivity index (χ1) is 22.8. The number of carbonyl (C=O) groups is 5. The third-order valence-electron chi connectivity index (χ3n) is 9.49. The first kappa shape index (κ1) is 31.2. The van der Waals surface area contributed by atoms with Gasteiger partial charge in [-0.1, -0.05) is 6.07 Å². The molecule has 0 aliphatic carbocycles. The van der Waals surface area contributed by atoms with Crippen LogP contribution < -0.4 is 15.5 Å². The fraction of sp³-hybridized carbons (Fsp3) is 0.438. The largest absolute Gasteiger partial charge is 0.380 e. The number of rotatable bonds is 7. The summed E-state index contributed by atoms with van der Waals surface area (Å²) in [6, 6.07) is 4.16. The minimum absolute atomic E-state index is 0.0201. The van der Waals surface area contributed by atoms with E-state index >= 15 is 0 Å². The first-order valence-corrected chi connectivity index (χ1v) is 17.0. The van der Waals surface area contributed by atoms with Gasteiger partial charge in [-0.3, -0.25) is 38.9 Å². The fourth-order valence-corrected chi connectivity index (χ4v) is 7.21. The van der Waals surface area contributed by atoms with Crippen LogP contribution in [0.1, 0.15) is 70.8 Å². The number of anilines is 2. The topological polar surface area (TPSA) is 163 Å². The van der Waals surface area contributed by atoms with Gasteiger partial charge in [-0.15, -0.1) is 0 Å². The summed E-state index contributed by atoms with van der Waals surface area (Å²) in [4.78, 5) is 77.8. The number of benzene rings is 1. The molecule has 1 unspecified atom stereocenters. The third kappa shape index (κ3) is 6.19. The number of nitrogens with zero attached hydrogens (tertiary/aromatic N) is 7. The van der Waals surface area contributed by atoms with E-state index in [4.69, 9.17) is 0 Å². The molecule has 4 aliphatic heterocycles. The monoisotopic (exact) mass is 751 g/mol. The molecule has 1 atom stereocenters. The summed E-state index contributed by atoms with van der Waals surface area (Å²) >= 11 is 2.19. The van der Waals surface area contributed by atoms with Gasteiger partial charge in [0, 0.05) is 78.5 Å². The van der Waals surface area contributed by atoms with Crippen molar-refractivity contribution in [2.24, 2.45) is 5.92 Å². The zero-order valence-corrected chi connectivity index (χ0v) is 27.8. The quantitative estimate of drug-likeness (QED) is 0.271. The highest BCUT2D eigenvalue weighted by atomic mass is 127. The maximum Gasteiger partial charge on any atom is 0.264 e. The molecule has 1 aromatic carbocycles. The minimum Gasteiger partial charge on any atom is -0.380 e. The number of imide groups is 2. The van der Waals surface area contributed by atoms with Crippen molar-refractivity contribution in [1.82, 2.24) is 34.9 Å². The normalized spacial score (nSPS) is 20.9. The number of halogens is 1. The highest BCUT2D eigenvalue weighted by Gasteiger charge is 2.45. The second-order valence-corrected chi connectivity index (χ2v) is 13.6. The molecule has 15 heteroatoms. The van der Waals surface area contributed by atoms with Crippen LogP contribution in [0, 0.1) is 9.49 Å². The Morgan fingerprint density at radius 1 is 0.936 bits per heavy atom. The molecule has 244 valence electrons. The summed E-state index contributed by atoms with van der Waals surface area (Å²) in [5.74, 6) is -1.16. The van der Waals surface area contributed by atoms with Crippen LogP contribution in [0.4, 0.5) is 11.6 Å². The van der Waals surface area contributed by atoms with Crippen molar-refractivity contribution in [3.63, 3.8) is 0 Å². The van der Waals surface area contributed by atoms with Crippen LogP contribution in [-0.4, -0.2) is 91.3 Å². The lowest BCUT2D eigenvalue weighted by molar-refractivity contribution is -0.138. The van der Waals surface area contributed by atoms with Crippen molar-refractivity contribution in [3.05, 3.63) is 63.2 Å². The van der Waals surface area contributed by atoms with Gasteiger partial charge in [0.2, 0.25) is 23.7 Å². The SMILES string of the molecule is O=C1CCC(N2C(=O)c3cccc(NCc4cnn(C5CCN(C(=O)C6CCN(c7ncc(I)cn7)CC6)CC5)c4)c3C2=O)C(=O)N1. The van der Waals surface area contributed by atoms with Gasteiger partial charge in [0.25, 0.3) is 11.8 Å². The lowest BCUT2D eigenvalue weighted by atomic mass is 9.94. The molecule has 3 aromatic rings. The summed E-state index contributed by atoms with van der Waals surface area (Å²) in [6.07, 6.45) is 10.8. The standard InChI is InChI=1S/C32H34IN9O5/c33-21-16-35-32(36-17-21)40-10-6-20(7-11-40)29(45)39-12-8-22(9-13-39)41-18-19(15-37-41)14-34-24-3-1-2-23-27(24)31(47)42(30(23)46)25-4-5-26(43)38-28(25)44/h1-3,15-18,20,22,25,34H,4-14H2,(H,38,43,44). The van der Waals surface area contributed by atoms with Crippen molar-refractivity contribution >= 4 is 63.8 Å². The van der Waals surface area contributed by atoms with E-state index < -0.39 is 29.7 Å². The van der Waals surface area contributed by atoms with Crippen molar-refractivity contribution in [2.75, 3.05) is 36.4 Å². The molecule has 4 aliphatic rings. The summed E-state index contributed by atoms with van der Waals surface area (Å²) in [5.41, 5.74) is 1.85. The van der Waals surface area contributed by atoms with Gasteiger partial charge in [-0.05, 0) is 66.8 Å². The molecular formula is C32H34IN9O5. The van der Waals surface area contributed by atoms with Crippen LogP contribution >= 0.6 is 22.6 Å². The summed E-state index contributed by atoms with van der Waals surface area (Å²) in [6.45, 7) is 3.29. The average molecular weight is 752 g/mol. The van der Waals surface area contributed by atoms with Crippen molar-refractivity contribution < 1.29 is 24.0 Å². The van der Waals surface area contributed by atoms with Gasteiger partial charge in [0.1, 0.15) is 6.04 Å². The van der Waals surface area contributed by atoms with Crippen LogP contribution in [-0.2, 0) is 20.9 Å². The first-order valence-electron chi connectivity index (χ1n) is 15.9. The van der Waals surface area contributed by atoms with E-state index in [1.807, 2.05) is 28.2 Å². The smallest absolute Gasteiger partial charge is 0.264 e. The zero-order chi connectivity index (χ0) is 32.7. The molecule has 0 bridgehead atoms. The molecule has 5 amide bonds. The molecule has 6 heterocycles. The van der Waals surface area contributed by atoms with Crippen LogP contribution in [0.25, 0.3) is 0 Å². The van der Waals surface area contributed by atoms with Crippen LogP contribution in [0.3, 0.4) is 0 Å². The van der Waals surface area contributed by atoms with Crippen LogP contribution in [0.15, 0.2) is 43.0 Å². The predicted octanol–water partition coefficient (Wildman–Crippen LogP) is 2.37. The molecule has 3 saturated heterocycles. The van der Waals surface area contributed by atoms with Crippen LogP contribution in [0.5, 0.6) is 0 Å². The highest BCUT2D eigenvalue weighted by molar-refractivity contribution is 14.1. The lowest BCUT2D eigenvalue weighted by Gasteiger charge is -2.37. The number of likely N-dealkylation sites (tertiary alicyclic amines) is 1. The van der Waals surface area contributed by atoms with E-state index in [2.05, 4.69) is 53.2 Å². The lowest BCUT2D eigenvalue weighted by Crippen LogP contribution is -2.54. The van der Waals surface area contributed by atoms with Crippen LogP contribution in [0.2, 0.25) is 0 Å². The molecule has 7 rings (SSSR count). The van der Waals surface area contributed by atoms with Gasteiger partial charge in [-0.25, -0.2) is 9.97 Å². The second-order valence-electron chi connectivity index (χ2n) is 12.4. The Balaban J connectivity index is 0.916. The minimum atomic E-state index is -1.01. The number of nitrogens with one attached hydrogen (secondary N) is 2. The Hall–Kier alpha value is -4.41. The zero-order valence-electron chi connectivity index (χ0n) is 25.6. The van der Waals surface area contributed by atoms with Crippen molar-refractivity contribution in [2.45, 2.75) is 57.2 Å². The Bertz CT molecular complexity index is 1730. The average Bonchev–Trinajstić information content (AvgIpc) is 3.66. The van der Waals surface area contributed by atoms with E-state index in [1.165, 1.54) is 0 Å². The summed E-state index contributed by atoms with van der Waals surface area (Å²) in [7, 11) is 0. The highest BCUT2D eigenvalue weighted by Crippen LogP contribution is 2.33. The number of hydrogen-bond donors (Lipinski definition) is 2. The van der Waals surface area contributed by atoms with E-state index in [9.17, 15) is 24.0 Å². The van der Waals surface area contributed by atoms with E-state index in [0.29, 0.717) is 25.3 Å². The van der Waals surface area contributed by atoms with Crippen molar-refractivity contribution in [1.29, 1.82) is 0 Å². The maximum absolute atomic E-state index is 13.4. The Morgan fingerprint density at radius 2 is 1.68 bits per heavy atom. The molecule has 14 nitrogen and oxygen atoms in total. The van der Waals surface area contributed by atoms with E-state index in [-0.39, 0.29) is 41.8 Å². The van der Waals surface area contributed by atoms with Gasteiger partial charge in [0.05, 0.1) is 23.4 Å². The molecule has 0 radical (unpaired) electrons. The van der Waals surface area contributed by atoms with Gasteiger partial charge < -0.3 is 15.1 Å². The summed E-state index contributed by atoms with van der Waals surface area (Å²) < 4.78 is 2.95. The molecule has 0 spiro atoms. The van der Waals surface area contributed by atoms with Gasteiger partial charge in [-0.2, -0.15) is 5.10 Å². The van der Waals surface area contributed by atoms with E-state index in [0.717, 1.165) is 58.8 Å². The third-order valence-corrected chi connectivity index (χ3v) is 10.0. The van der Waals surface area contributed by atoms with Crippen molar-refractivity contribution in [3.8, 4) is 0 Å². The number of carbonyl (C=O) groups excluding carboxylic acids is 5. The number of hydrogen-bond acceptors (Lipinski definition) is 10. The number of fused-ring (bicyclic) bond motifs is 1. The molecule has 0 saturated carbocycles. The van der Waals surface area contributed by atoms with Gasteiger partial charge >= 0.3 is 0 Å². The fourth-order valence-electron chi connectivity index (χ4n) is 6.93. The molecule has 47 heavy (non-hydrogen) atoms. The molecule has 2 aromatic heterocycles. The number of piperidine rings is 3. The number of amides is 5. The Morgan fingerprint density at radius 3 is 2.40 bits per heavy atom. The number of aromatic nitrogens is 4. The Kier molecular flexibility index (Phi) is 8.63. The molecule has 2 N–H and O–H groups in total. The summed E-state index contributed by atoms with van der Waals surface area (Å²) in [5, 5.41) is 10.1. The molecule has 3 fully saturated rings. The molecular weight excluding hydrogens is 717 g/mol. The maximum atomic E-state index is 13.4. The predicted molar refractivity (Wildman–Crippen MR) is 177 cm³/mol. The Labute approximate surface area is 284 Å². The van der Waals surface area contributed by atoms with E-state index in [1.54, 1.807) is 24.4 Å². The van der Waals surface area contributed by atoms with Gasteiger partial charge in [0.15, 0.2) is 0 Å². The second kappa shape index (κ2) is 13.0.